The summed E-state index contributed by atoms with van der Waals surface area (Å²) in [7, 11) is 0. The van der Waals surface area contributed by atoms with E-state index in [4.69, 9.17) is 4.74 Å². The van der Waals surface area contributed by atoms with Crippen LogP contribution in [0.5, 0.6) is 0 Å². The maximum atomic E-state index is 5.58. The highest BCUT2D eigenvalue weighted by Crippen LogP contribution is 2.15. The van der Waals surface area contributed by atoms with Gasteiger partial charge in [-0.15, -0.1) is 0 Å². The lowest BCUT2D eigenvalue weighted by Gasteiger charge is -2.15. The van der Waals surface area contributed by atoms with Gasteiger partial charge in [0.2, 0.25) is 0 Å². The molecule has 1 unspecified atom stereocenters. The molecule has 114 valence electrons. The average Bonchev–Trinajstić information content (AvgIpc) is 3.01. The van der Waals surface area contributed by atoms with E-state index in [1.165, 1.54) is 5.56 Å². The van der Waals surface area contributed by atoms with Crippen molar-refractivity contribution in [1.29, 1.82) is 0 Å². The first-order valence-electron chi connectivity index (χ1n) is 7.56. The maximum Gasteiger partial charge on any atom is 0.0991 e. The minimum Gasteiger partial charge on any atom is -0.380 e. The van der Waals surface area contributed by atoms with Crippen LogP contribution in [0.25, 0.3) is 5.69 Å². The summed E-state index contributed by atoms with van der Waals surface area (Å²) in [6.45, 7) is 8.97. The third kappa shape index (κ3) is 4.99. The third-order valence-corrected chi connectivity index (χ3v) is 3.34. The number of hydrogen-bond donors (Lipinski definition) is 1. The van der Waals surface area contributed by atoms with Gasteiger partial charge in [0, 0.05) is 37.3 Å². The molecule has 1 aromatic carbocycles. The smallest absolute Gasteiger partial charge is 0.0991 e. The number of rotatable bonds is 8. The molecule has 0 aliphatic rings. The maximum absolute atomic E-state index is 5.58. The predicted molar refractivity (Wildman–Crippen MR) is 85.6 cm³/mol. The van der Waals surface area contributed by atoms with Crippen molar-refractivity contribution in [1.82, 2.24) is 14.9 Å². The van der Waals surface area contributed by atoms with E-state index < -0.39 is 0 Å². The number of aromatic nitrogens is 2. The Morgan fingerprint density at radius 3 is 2.57 bits per heavy atom. The van der Waals surface area contributed by atoms with Crippen molar-refractivity contribution in [3.8, 4) is 5.69 Å². The van der Waals surface area contributed by atoms with Gasteiger partial charge in [-0.05, 0) is 30.5 Å². The van der Waals surface area contributed by atoms with Crippen molar-refractivity contribution in [2.75, 3.05) is 19.8 Å². The van der Waals surface area contributed by atoms with Crippen molar-refractivity contribution in [3.05, 3.63) is 48.5 Å². The van der Waals surface area contributed by atoms with Crippen LogP contribution >= 0.6 is 0 Å². The minimum absolute atomic E-state index is 0.324. The Morgan fingerprint density at radius 1 is 1.19 bits per heavy atom. The van der Waals surface area contributed by atoms with Crippen LogP contribution in [0.3, 0.4) is 0 Å². The highest BCUT2D eigenvalue weighted by Gasteiger charge is 2.05. The topological polar surface area (TPSA) is 39.1 Å². The highest BCUT2D eigenvalue weighted by molar-refractivity contribution is 5.35. The van der Waals surface area contributed by atoms with Gasteiger partial charge in [-0.3, -0.25) is 0 Å². The van der Waals surface area contributed by atoms with E-state index in [1.54, 1.807) is 6.20 Å². The minimum atomic E-state index is 0.324. The second-order valence-electron chi connectivity index (χ2n) is 5.71. The van der Waals surface area contributed by atoms with Gasteiger partial charge < -0.3 is 14.6 Å². The fraction of sp³-hybridized carbons (Fsp3) is 0.471. The number of nitrogens with zero attached hydrogens (tertiary/aromatic N) is 2. The number of nitrogens with one attached hydrogen (secondary N) is 1. The molecule has 4 nitrogen and oxygen atoms in total. The summed E-state index contributed by atoms with van der Waals surface area (Å²) in [6, 6.07) is 8.86. The van der Waals surface area contributed by atoms with E-state index in [9.17, 15) is 0 Å². The molecule has 0 spiro atoms. The van der Waals surface area contributed by atoms with Gasteiger partial charge >= 0.3 is 0 Å². The zero-order valence-corrected chi connectivity index (χ0v) is 13.1. The van der Waals surface area contributed by atoms with E-state index in [2.05, 4.69) is 55.3 Å². The number of imidazole rings is 1. The quantitative estimate of drug-likeness (QED) is 0.758. The second-order valence-corrected chi connectivity index (χ2v) is 5.71. The molecular weight excluding hydrogens is 262 g/mol. The molecule has 0 saturated carbocycles. The molecule has 0 amide bonds. The molecule has 1 aromatic heterocycles. The molecule has 0 fully saturated rings. The Balaban J connectivity index is 1.79. The zero-order chi connectivity index (χ0) is 15.1. The highest BCUT2D eigenvalue weighted by atomic mass is 16.5. The van der Waals surface area contributed by atoms with E-state index >= 15 is 0 Å². The lowest BCUT2D eigenvalue weighted by atomic mass is 10.1. The van der Waals surface area contributed by atoms with Crippen LogP contribution in [-0.4, -0.2) is 29.3 Å². The Morgan fingerprint density at radius 2 is 1.95 bits per heavy atom. The van der Waals surface area contributed by atoms with Crippen molar-refractivity contribution < 1.29 is 4.74 Å². The Bertz CT molecular complexity index is 505. The summed E-state index contributed by atoms with van der Waals surface area (Å²) in [6.07, 6.45) is 5.54. The molecule has 1 N–H and O–H groups in total. The molecule has 1 heterocycles. The molecule has 0 radical (unpaired) electrons. The van der Waals surface area contributed by atoms with Crippen molar-refractivity contribution in [3.63, 3.8) is 0 Å². The fourth-order valence-electron chi connectivity index (χ4n) is 2.13. The van der Waals surface area contributed by atoms with Crippen molar-refractivity contribution >= 4 is 0 Å². The van der Waals surface area contributed by atoms with Gasteiger partial charge in [0.1, 0.15) is 0 Å². The second kappa shape index (κ2) is 7.96. The summed E-state index contributed by atoms with van der Waals surface area (Å²) >= 11 is 0. The van der Waals surface area contributed by atoms with E-state index in [-0.39, 0.29) is 0 Å². The van der Waals surface area contributed by atoms with Gasteiger partial charge in [-0.1, -0.05) is 26.0 Å². The summed E-state index contributed by atoms with van der Waals surface area (Å²) < 4.78 is 7.58. The first kappa shape index (κ1) is 15.7. The summed E-state index contributed by atoms with van der Waals surface area (Å²) in [5.74, 6) is 0.596. The Hall–Kier alpha value is -1.65. The molecular formula is C17H25N3O. The predicted octanol–water partition coefficient (Wildman–Crippen LogP) is 3.20. The van der Waals surface area contributed by atoms with Gasteiger partial charge in [0.25, 0.3) is 0 Å². The standard InChI is InChI=1S/C17H25N3O/c1-14(2)12-21-11-9-19-15(3)16-4-6-17(7-5-16)20-10-8-18-13-20/h4-8,10,13-15,19H,9,11-12H2,1-3H3. The van der Waals surface area contributed by atoms with E-state index in [1.807, 2.05) is 17.1 Å². The van der Waals surface area contributed by atoms with E-state index in [0.29, 0.717) is 12.0 Å². The van der Waals surface area contributed by atoms with Crippen LogP contribution in [0.1, 0.15) is 32.4 Å². The average molecular weight is 287 g/mol. The number of benzene rings is 1. The lowest BCUT2D eigenvalue weighted by Crippen LogP contribution is -2.23. The Kier molecular flexibility index (Phi) is 5.96. The molecule has 4 heteroatoms. The normalized spacial score (nSPS) is 12.8. The largest absolute Gasteiger partial charge is 0.380 e. The Labute approximate surface area is 127 Å². The third-order valence-electron chi connectivity index (χ3n) is 3.34. The van der Waals surface area contributed by atoms with E-state index in [0.717, 1.165) is 25.4 Å². The van der Waals surface area contributed by atoms with Crippen LogP contribution in [0.15, 0.2) is 43.0 Å². The number of ether oxygens (including phenoxy) is 1. The van der Waals surface area contributed by atoms with Gasteiger partial charge in [-0.2, -0.15) is 0 Å². The molecule has 1 atom stereocenters. The zero-order valence-electron chi connectivity index (χ0n) is 13.1. The first-order valence-corrected chi connectivity index (χ1v) is 7.56. The summed E-state index contributed by atoms with van der Waals surface area (Å²) in [4.78, 5) is 4.06. The molecule has 2 rings (SSSR count). The molecule has 0 saturated heterocycles. The number of hydrogen-bond acceptors (Lipinski definition) is 3. The molecule has 0 bridgehead atoms. The van der Waals surface area contributed by atoms with Crippen LogP contribution in [0, 0.1) is 5.92 Å². The summed E-state index contributed by atoms with van der Waals surface area (Å²) in [5, 5.41) is 3.48. The van der Waals surface area contributed by atoms with Crippen LogP contribution in [0.2, 0.25) is 0 Å². The molecule has 2 aromatic rings. The van der Waals surface area contributed by atoms with Crippen LogP contribution in [-0.2, 0) is 4.74 Å². The van der Waals surface area contributed by atoms with Crippen molar-refractivity contribution in [2.24, 2.45) is 5.92 Å². The van der Waals surface area contributed by atoms with Gasteiger partial charge in [0.05, 0.1) is 12.9 Å². The fourth-order valence-corrected chi connectivity index (χ4v) is 2.13. The molecule has 21 heavy (non-hydrogen) atoms. The van der Waals surface area contributed by atoms with Gasteiger partial charge in [0.15, 0.2) is 0 Å². The first-order chi connectivity index (χ1) is 10.2. The molecule has 0 aliphatic heterocycles. The van der Waals surface area contributed by atoms with Crippen LogP contribution in [0.4, 0.5) is 0 Å². The summed E-state index contributed by atoms with van der Waals surface area (Å²) in [5.41, 5.74) is 2.41. The SMILES string of the molecule is CC(C)COCCNC(C)c1ccc(-n2ccnc2)cc1. The van der Waals surface area contributed by atoms with Crippen LogP contribution < -0.4 is 5.32 Å². The van der Waals surface area contributed by atoms with Crippen molar-refractivity contribution in [2.45, 2.75) is 26.8 Å². The van der Waals surface area contributed by atoms with Gasteiger partial charge in [-0.25, -0.2) is 4.98 Å². The molecule has 0 aliphatic carbocycles. The monoisotopic (exact) mass is 287 g/mol. The lowest BCUT2D eigenvalue weighted by molar-refractivity contribution is 0.110.